The van der Waals surface area contributed by atoms with E-state index in [1.165, 1.54) is 18.7 Å². The van der Waals surface area contributed by atoms with Crippen LogP contribution in [0.25, 0.3) is 0 Å². The third-order valence-electron chi connectivity index (χ3n) is 2.32. The minimum Gasteiger partial charge on any atom is -0.389 e. The van der Waals surface area contributed by atoms with Crippen molar-refractivity contribution in [2.75, 3.05) is 5.32 Å². The molecule has 0 aliphatic heterocycles. The number of carbonyl (C=O) groups excluding carboxylic acids is 1. The second-order valence-corrected chi connectivity index (χ2v) is 4.49. The molecule has 0 spiro atoms. The number of thiocarbonyl (C=S) groups is 1. The zero-order chi connectivity index (χ0) is 13.8. The Morgan fingerprint density at radius 2 is 1.95 bits per heavy atom. The van der Waals surface area contributed by atoms with Gasteiger partial charge in [0.05, 0.1) is 16.3 Å². The van der Waals surface area contributed by atoms with E-state index in [1.54, 1.807) is 18.2 Å². The second kappa shape index (κ2) is 5.73. The van der Waals surface area contributed by atoms with Crippen molar-refractivity contribution in [2.45, 2.75) is 0 Å². The molecule has 0 aliphatic carbocycles. The highest BCUT2D eigenvalue weighted by Crippen LogP contribution is 2.23. The normalized spacial score (nSPS) is 9.95. The van der Waals surface area contributed by atoms with Crippen molar-refractivity contribution in [2.24, 2.45) is 5.73 Å². The molecule has 5 nitrogen and oxygen atoms in total. The van der Waals surface area contributed by atoms with E-state index >= 15 is 0 Å². The Kier molecular flexibility index (Phi) is 4.03. The Bertz CT molecular complexity index is 633. The Balaban J connectivity index is 2.26. The minimum absolute atomic E-state index is 0.232. The van der Waals surface area contributed by atoms with Crippen LogP contribution >= 0.6 is 23.8 Å². The average Bonchev–Trinajstić information content (AvgIpc) is 2.42. The van der Waals surface area contributed by atoms with E-state index in [9.17, 15) is 4.79 Å². The maximum absolute atomic E-state index is 11.9. The predicted molar refractivity (Wildman–Crippen MR) is 77.3 cm³/mol. The van der Waals surface area contributed by atoms with E-state index in [0.717, 1.165) is 0 Å². The van der Waals surface area contributed by atoms with Crippen LogP contribution in [-0.2, 0) is 0 Å². The van der Waals surface area contributed by atoms with Gasteiger partial charge in [0.15, 0.2) is 0 Å². The molecule has 1 aromatic heterocycles. The lowest BCUT2D eigenvalue weighted by Crippen LogP contribution is -2.14. The van der Waals surface area contributed by atoms with Crippen LogP contribution in [0.2, 0.25) is 5.02 Å². The van der Waals surface area contributed by atoms with Gasteiger partial charge < -0.3 is 11.1 Å². The first kappa shape index (κ1) is 13.4. The fourth-order valence-electron chi connectivity index (χ4n) is 1.39. The maximum Gasteiger partial charge on any atom is 0.258 e. The van der Waals surface area contributed by atoms with Gasteiger partial charge in [0.1, 0.15) is 11.3 Å². The highest BCUT2D eigenvalue weighted by molar-refractivity contribution is 7.80. The second-order valence-electron chi connectivity index (χ2n) is 3.64. The summed E-state index contributed by atoms with van der Waals surface area (Å²) in [7, 11) is 0. The number of rotatable bonds is 3. The van der Waals surface area contributed by atoms with Gasteiger partial charge in [0.2, 0.25) is 0 Å². The molecule has 3 N–H and O–H groups in total. The Morgan fingerprint density at radius 3 is 2.58 bits per heavy atom. The third kappa shape index (κ3) is 3.24. The van der Waals surface area contributed by atoms with Gasteiger partial charge in [-0.2, -0.15) is 0 Å². The highest BCUT2D eigenvalue weighted by Gasteiger charge is 2.10. The summed E-state index contributed by atoms with van der Waals surface area (Å²) >= 11 is 10.9. The Morgan fingerprint density at radius 1 is 1.26 bits per heavy atom. The number of nitrogens with two attached hydrogens (primary N) is 1. The smallest absolute Gasteiger partial charge is 0.258 e. The van der Waals surface area contributed by atoms with Crippen molar-refractivity contribution in [3.63, 3.8) is 0 Å². The molecule has 7 heteroatoms. The number of nitrogens with one attached hydrogen (secondary N) is 1. The van der Waals surface area contributed by atoms with Crippen molar-refractivity contribution >= 4 is 40.4 Å². The van der Waals surface area contributed by atoms with E-state index in [1.807, 2.05) is 0 Å². The lowest BCUT2D eigenvalue weighted by atomic mass is 10.2. The first-order chi connectivity index (χ1) is 9.08. The molecule has 0 fully saturated rings. The number of halogens is 1. The number of amides is 1. The summed E-state index contributed by atoms with van der Waals surface area (Å²) in [6.45, 7) is 0. The molecule has 0 bridgehead atoms. The number of benzene rings is 1. The van der Waals surface area contributed by atoms with Gasteiger partial charge in [0.25, 0.3) is 5.91 Å². The number of anilines is 1. The van der Waals surface area contributed by atoms with E-state index in [0.29, 0.717) is 21.8 Å². The van der Waals surface area contributed by atoms with Gasteiger partial charge in [0, 0.05) is 18.0 Å². The minimum atomic E-state index is -0.359. The molecule has 19 heavy (non-hydrogen) atoms. The van der Waals surface area contributed by atoms with Crippen molar-refractivity contribution in [3.8, 4) is 0 Å². The summed E-state index contributed by atoms with van der Waals surface area (Å²) in [6.07, 6.45) is 4.17. The predicted octanol–water partition coefficient (Wildman–Crippen LogP) is 2.02. The standard InChI is InChI=1S/C12H9ClN4OS/c13-9-2-1-7(11(14)19)3-10(9)17-12(18)8-4-15-6-16-5-8/h1-6H,(H2,14,19)(H,17,18). The Hall–Kier alpha value is -2.05. The number of carbonyl (C=O) groups is 1. The summed E-state index contributed by atoms with van der Waals surface area (Å²) in [4.78, 5) is 19.7. The quantitative estimate of drug-likeness (QED) is 0.846. The van der Waals surface area contributed by atoms with Crippen LogP contribution in [0, 0.1) is 0 Å². The van der Waals surface area contributed by atoms with E-state index < -0.39 is 0 Å². The SMILES string of the molecule is NC(=S)c1ccc(Cl)c(NC(=O)c2cncnc2)c1. The zero-order valence-corrected chi connectivity index (χ0v) is 11.2. The van der Waals surface area contributed by atoms with Crippen LogP contribution in [0.15, 0.2) is 36.9 Å². The number of aromatic nitrogens is 2. The summed E-state index contributed by atoms with van der Waals surface area (Å²) < 4.78 is 0. The molecule has 96 valence electrons. The van der Waals surface area contributed by atoms with Gasteiger partial charge in [-0.25, -0.2) is 9.97 Å². The monoisotopic (exact) mass is 292 g/mol. The molecular weight excluding hydrogens is 284 g/mol. The lowest BCUT2D eigenvalue weighted by molar-refractivity contribution is 0.102. The summed E-state index contributed by atoms with van der Waals surface area (Å²) in [5.41, 5.74) is 6.92. The van der Waals surface area contributed by atoms with Crippen LogP contribution in [0.4, 0.5) is 5.69 Å². The Labute approximate surface area is 119 Å². The third-order valence-corrected chi connectivity index (χ3v) is 2.89. The van der Waals surface area contributed by atoms with Crippen molar-refractivity contribution < 1.29 is 4.79 Å². The van der Waals surface area contributed by atoms with Crippen molar-refractivity contribution in [3.05, 3.63) is 53.1 Å². The van der Waals surface area contributed by atoms with E-state index in [-0.39, 0.29) is 10.9 Å². The average molecular weight is 293 g/mol. The van der Waals surface area contributed by atoms with Crippen molar-refractivity contribution in [1.29, 1.82) is 0 Å². The van der Waals surface area contributed by atoms with Gasteiger partial charge in [-0.1, -0.05) is 29.9 Å². The maximum atomic E-state index is 11.9. The summed E-state index contributed by atoms with van der Waals surface area (Å²) in [6, 6.07) is 4.92. The lowest BCUT2D eigenvalue weighted by Gasteiger charge is -2.08. The van der Waals surface area contributed by atoms with Crippen LogP contribution in [-0.4, -0.2) is 20.9 Å². The molecule has 0 radical (unpaired) electrons. The molecule has 0 aliphatic rings. The molecule has 0 unspecified atom stereocenters. The molecular formula is C12H9ClN4OS. The number of hydrogen-bond donors (Lipinski definition) is 2. The first-order valence-corrected chi connectivity index (χ1v) is 6.02. The first-order valence-electron chi connectivity index (χ1n) is 5.23. The molecule has 2 aromatic rings. The molecule has 2 rings (SSSR count). The van der Waals surface area contributed by atoms with Crippen LogP contribution < -0.4 is 11.1 Å². The highest BCUT2D eigenvalue weighted by atomic mass is 35.5. The molecule has 1 heterocycles. The fourth-order valence-corrected chi connectivity index (χ4v) is 1.68. The van der Waals surface area contributed by atoms with Gasteiger partial charge in [-0.15, -0.1) is 0 Å². The molecule has 0 atom stereocenters. The summed E-state index contributed by atoms with van der Waals surface area (Å²) in [5.74, 6) is -0.359. The molecule has 0 saturated heterocycles. The van der Waals surface area contributed by atoms with Gasteiger partial charge >= 0.3 is 0 Å². The van der Waals surface area contributed by atoms with Gasteiger partial charge in [-0.05, 0) is 12.1 Å². The fraction of sp³-hybridized carbons (Fsp3) is 0. The van der Waals surface area contributed by atoms with Crippen LogP contribution in [0.1, 0.15) is 15.9 Å². The number of nitrogens with zero attached hydrogens (tertiary/aromatic N) is 2. The molecule has 1 amide bonds. The molecule has 0 saturated carbocycles. The van der Waals surface area contributed by atoms with Crippen molar-refractivity contribution in [1.82, 2.24) is 9.97 Å². The van der Waals surface area contributed by atoms with Crippen LogP contribution in [0.3, 0.4) is 0 Å². The number of hydrogen-bond acceptors (Lipinski definition) is 4. The van der Waals surface area contributed by atoms with E-state index in [2.05, 4.69) is 15.3 Å². The van der Waals surface area contributed by atoms with Gasteiger partial charge in [-0.3, -0.25) is 4.79 Å². The van der Waals surface area contributed by atoms with E-state index in [4.69, 9.17) is 29.6 Å². The largest absolute Gasteiger partial charge is 0.389 e. The van der Waals surface area contributed by atoms with Crippen LogP contribution in [0.5, 0.6) is 0 Å². The topological polar surface area (TPSA) is 80.9 Å². The summed E-state index contributed by atoms with van der Waals surface area (Å²) in [5, 5.41) is 3.05. The zero-order valence-electron chi connectivity index (χ0n) is 9.63. The molecule has 1 aromatic carbocycles.